The van der Waals surface area contributed by atoms with Crippen molar-refractivity contribution in [2.45, 2.75) is 12.8 Å². The van der Waals surface area contributed by atoms with Gasteiger partial charge in [-0.15, -0.1) is 23.7 Å². The molecule has 14 heavy (non-hydrogen) atoms. The first-order chi connectivity index (χ1) is 6.27. The summed E-state index contributed by atoms with van der Waals surface area (Å²) >= 11 is 1.48. The van der Waals surface area contributed by atoms with E-state index in [4.69, 9.17) is 5.73 Å². The summed E-state index contributed by atoms with van der Waals surface area (Å²) in [5.74, 6) is -0.260. The summed E-state index contributed by atoms with van der Waals surface area (Å²) in [7, 11) is 1.39. The highest BCUT2D eigenvalue weighted by Crippen LogP contribution is 2.18. The van der Waals surface area contributed by atoms with E-state index in [0.29, 0.717) is 11.4 Å². The Morgan fingerprint density at radius 3 is 2.86 bits per heavy atom. The number of carbonyl (C=O) groups excluding carboxylic acids is 1. The average molecular weight is 236 g/mol. The smallest absolute Gasteiger partial charge is 0.348 e. The molecule has 0 bridgehead atoms. The van der Waals surface area contributed by atoms with Gasteiger partial charge in [0.15, 0.2) is 0 Å². The van der Waals surface area contributed by atoms with Gasteiger partial charge >= 0.3 is 5.97 Å². The zero-order valence-electron chi connectivity index (χ0n) is 7.99. The van der Waals surface area contributed by atoms with Gasteiger partial charge in [-0.3, -0.25) is 0 Å². The van der Waals surface area contributed by atoms with Crippen LogP contribution >= 0.6 is 23.7 Å². The molecule has 0 radical (unpaired) electrons. The number of esters is 1. The van der Waals surface area contributed by atoms with Crippen molar-refractivity contribution >= 4 is 29.7 Å². The number of rotatable bonds is 4. The second-order valence-corrected chi connectivity index (χ2v) is 3.82. The van der Waals surface area contributed by atoms with Gasteiger partial charge in [-0.25, -0.2) is 4.79 Å². The number of nitrogens with two attached hydrogens (primary N) is 1. The minimum absolute atomic E-state index is 0. The lowest BCUT2D eigenvalue weighted by atomic mass is 10.3. The van der Waals surface area contributed by atoms with E-state index in [0.717, 1.165) is 12.8 Å². The zero-order chi connectivity index (χ0) is 9.68. The van der Waals surface area contributed by atoms with E-state index >= 15 is 0 Å². The third-order valence-corrected chi connectivity index (χ3v) is 2.80. The fourth-order valence-corrected chi connectivity index (χ4v) is 1.97. The molecule has 0 fully saturated rings. The average Bonchev–Trinajstić information content (AvgIpc) is 2.62. The van der Waals surface area contributed by atoms with Gasteiger partial charge in [0, 0.05) is 4.88 Å². The Kier molecular flexibility index (Phi) is 6.53. The maximum Gasteiger partial charge on any atom is 0.348 e. The maximum absolute atomic E-state index is 11.1. The van der Waals surface area contributed by atoms with Crippen LogP contribution in [0.15, 0.2) is 12.1 Å². The minimum atomic E-state index is -0.260. The Morgan fingerprint density at radius 1 is 1.57 bits per heavy atom. The molecule has 0 aromatic carbocycles. The van der Waals surface area contributed by atoms with Crippen molar-refractivity contribution in [3.63, 3.8) is 0 Å². The van der Waals surface area contributed by atoms with Crippen LogP contribution in [-0.2, 0) is 11.2 Å². The van der Waals surface area contributed by atoms with Crippen molar-refractivity contribution in [2.75, 3.05) is 13.7 Å². The van der Waals surface area contributed by atoms with Crippen molar-refractivity contribution < 1.29 is 9.53 Å². The molecule has 1 aromatic heterocycles. The number of thiophene rings is 1. The summed E-state index contributed by atoms with van der Waals surface area (Å²) in [6, 6.07) is 3.74. The van der Waals surface area contributed by atoms with Gasteiger partial charge in [0.25, 0.3) is 0 Å². The molecule has 2 N–H and O–H groups in total. The number of carbonyl (C=O) groups is 1. The summed E-state index contributed by atoms with van der Waals surface area (Å²) in [5, 5.41) is 0. The van der Waals surface area contributed by atoms with E-state index in [2.05, 4.69) is 4.74 Å². The van der Waals surface area contributed by atoms with Gasteiger partial charge in [0.1, 0.15) is 4.88 Å². The Hall–Kier alpha value is -0.580. The summed E-state index contributed by atoms with van der Waals surface area (Å²) in [6.45, 7) is 0.686. The number of hydrogen-bond acceptors (Lipinski definition) is 4. The monoisotopic (exact) mass is 235 g/mol. The van der Waals surface area contributed by atoms with Crippen LogP contribution in [0, 0.1) is 0 Å². The summed E-state index contributed by atoms with van der Waals surface area (Å²) < 4.78 is 4.60. The van der Waals surface area contributed by atoms with E-state index < -0.39 is 0 Å². The fourth-order valence-electron chi connectivity index (χ4n) is 0.999. The molecular weight excluding hydrogens is 222 g/mol. The second kappa shape index (κ2) is 6.81. The molecule has 80 valence electrons. The lowest BCUT2D eigenvalue weighted by Crippen LogP contribution is -1.99. The van der Waals surface area contributed by atoms with Crippen LogP contribution in [0.25, 0.3) is 0 Å². The molecule has 1 heterocycles. The third kappa shape index (κ3) is 3.65. The van der Waals surface area contributed by atoms with Crippen molar-refractivity contribution in [1.29, 1.82) is 0 Å². The third-order valence-electron chi connectivity index (χ3n) is 1.68. The summed E-state index contributed by atoms with van der Waals surface area (Å²) in [6.07, 6.45) is 1.90. The molecule has 0 spiro atoms. The van der Waals surface area contributed by atoms with Crippen LogP contribution in [0.3, 0.4) is 0 Å². The predicted molar refractivity (Wildman–Crippen MR) is 60.3 cm³/mol. The fraction of sp³-hybridized carbons (Fsp3) is 0.444. The molecule has 0 aliphatic rings. The molecule has 0 saturated heterocycles. The number of hydrogen-bond donors (Lipinski definition) is 1. The quantitative estimate of drug-likeness (QED) is 0.811. The molecule has 0 saturated carbocycles. The van der Waals surface area contributed by atoms with Crippen molar-refractivity contribution in [3.8, 4) is 0 Å². The largest absolute Gasteiger partial charge is 0.465 e. The first-order valence-electron chi connectivity index (χ1n) is 4.15. The molecule has 3 nitrogen and oxygen atoms in total. The van der Waals surface area contributed by atoms with Gasteiger partial charge in [-0.2, -0.15) is 0 Å². The topological polar surface area (TPSA) is 52.3 Å². The molecule has 0 unspecified atom stereocenters. The summed E-state index contributed by atoms with van der Waals surface area (Å²) in [4.78, 5) is 12.9. The van der Waals surface area contributed by atoms with Crippen molar-refractivity contribution in [3.05, 3.63) is 21.9 Å². The summed E-state index contributed by atoms with van der Waals surface area (Å²) in [5.41, 5.74) is 5.38. The van der Waals surface area contributed by atoms with Gasteiger partial charge < -0.3 is 10.5 Å². The van der Waals surface area contributed by atoms with Crippen LogP contribution in [0.4, 0.5) is 0 Å². The Morgan fingerprint density at radius 2 is 2.29 bits per heavy atom. The number of halogens is 1. The number of ether oxygens (including phenoxy) is 1. The first-order valence-corrected chi connectivity index (χ1v) is 4.96. The van der Waals surface area contributed by atoms with Crippen LogP contribution in [0.1, 0.15) is 21.0 Å². The minimum Gasteiger partial charge on any atom is -0.465 e. The molecule has 0 aliphatic carbocycles. The van der Waals surface area contributed by atoms with Gasteiger partial charge in [-0.05, 0) is 31.5 Å². The first kappa shape index (κ1) is 13.4. The standard InChI is InChI=1S/C9H13NO2S.ClH/c1-12-9(11)8-5-4-7(13-8)3-2-6-10;/h4-5H,2-3,6,10H2,1H3;1H. The molecule has 0 aliphatic heterocycles. The maximum atomic E-state index is 11.1. The lowest BCUT2D eigenvalue weighted by Gasteiger charge is -1.93. The SMILES string of the molecule is COC(=O)c1ccc(CCCN)s1.Cl. The van der Waals surface area contributed by atoms with Gasteiger partial charge in [0.05, 0.1) is 7.11 Å². The number of methoxy groups -OCH3 is 1. The van der Waals surface area contributed by atoms with Crippen molar-refractivity contribution in [1.82, 2.24) is 0 Å². The Labute approximate surface area is 93.7 Å². The van der Waals surface area contributed by atoms with E-state index in [1.165, 1.54) is 23.3 Å². The van der Waals surface area contributed by atoms with Gasteiger partial charge in [-0.1, -0.05) is 0 Å². The zero-order valence-corrected chi connectivity index (χ0v) is 9.62. The molecular formula is C9H14ClNO2S. The van der Waals surface area contributed by atoms with Crippen LogP contribution in [0.5, 0.6) is 0 Å². The highest BCUT2D eigenvalue weighted by Gasteiger charge is 2.07. The van der Waals surface area contributed by atoms with Crippen molar-refractivity contribution in [2.24, 2.45) is 5.73 Å². The Bertz CT molecular complexity index is 288. The molecule has 0 amide bonds. The highest BCUT2D eigenvalue weighted by atomic mass is 35.5. The van der Waals surface area contributed by atoms with Crippen LogP contribution in [-0.4, -0.2) is 19.6 Å². The molecule has 1 rings (SSSR count). The molecule has 5 heteroatoms. The molecule has 1 aromatic rings. The normalized spacial score (nSPS) is 9.29. The predicted octanol–water partition coefficient (Wildman–Crippen LogP) is 1.85. The number of aryl methyl sites for hydroxylation is 1. The highest BCUT2D eigenvalue weighted by molar-refractivity contribution is 7.13. The van der Waals surface area contributed by atoms with E-state index in [9.17, 15) is 4.79 Å². The lowest BCUT2D eigenvalue weighted by molar-refractivity contribution is 0.0606. The van der Waals surface area contributed by atoms with E-state index in [-0.39, 0.29) is 18.4 Å². The van der Waals surface area contributed by atoms with Crippen LogP contribution < -0.4 is 5.73 Å². The molecule has 0 atom stereocenters. The Balaban J connectivity index is 0.00000169. The van der Waals surface area contributed by atoms with E-state index in [1.54, 1.807) is 6.07 Å². The van der Waals surface area contributed by atoms with E-state index in [1.807, 2.05) is 6.07 Å². The van der Waals surface area contributed by atoms with Crippen LogP contribution in [0.2, 0.25) is 0 Å². The van der Waals surface area contributed by atoms with Gasteiger partial charge in [0.2, 0.25) is 0 Å². The second-order valence-electron chi connectivity index (χ2n) is 2.65.